The van der Waals surface area contributed by atoms with Crippen LogP contribution in [0.3, 0.4) is 0 Å². The highest BCUT2D eigenvalue weighted by molar-refractivity contribution is 6.33. The molecule has 1 aromatic carbocycles. The van der Waals surface area contributed by atoms with Gasteiger partial charge in [0.15, 0.2) is 0 Å². The minimum absolute atomic E-state index is 0.115. The van der Waals surface area contributed by atoms with Gasteiger partial charge >= 0.3 is 5.97 Å². The number of ether oxygens (including phenoxy) is 1. The molecular weight excluding hydrogens is 342 g/mol. The average molecular weight is 362 g/mol. The molecule has 0 aliphatic carbocycles. The van der Waals surface area contributed by atoms with E-state index >= 15 is 0 Å². The van der Waals surface area contributed by atoms with E-state index in [0.717, 1.165) is 24.2 Å². The van der Waals surface area contributed by atoms with Crippen LogP contribution in [0.2, 0.25) is 5.02 Å². The molecule has 1 atom stereocenters. The lowest BCUT2D eigenvalue weighted by molar-refractivity contribution is 0.0600. The molecule has 0 bridgehead atoms. The van der Waals surface area contributed by atoms with Gasteiger partial charge in [-0.05, 0) is 30.9 Å². The van der Waals surface area contributed by atoms with Crippen LogP contribution in [0.1, 0.15) is 30.1 Å². The molecule has 2 heterocycles. The first-order valence-corrected chi connectivity index (χ1v) is 8.61. The van der Waals surface area contributed by atoms with E-state index in [0.29, 0.717) is 17.3 Å². The summed E-state index contributed by atoms with van der Waals surface area (Å²) in [5, 5.41) is 4.37. The smallest absolute Gasteiger partial charge is 0.340 e. The predicted octanol–water partition coefficient (Wildman–Crippen LogP) is 2.91. The van der Waals surface area contributed by atoms with E-state index in [4.69, 9.17) is 16.3 Å². The van der Waals surface area contributed by atoms with Crippen molar-refractivity contribution in [2.75, 3.05) is 25.1 Å². The molecule has 0 N–H and O–H groups in total. The molecule has 7 heteroatoms. The highest BCUT2D eigenvalue weighted by Gasteiger charge is 2.22. The van der Waals surface area contributed by atoms with Crippen LogP contribution < -0.4 is 10.5 Å². The molecule has 0 spiro atoms. The molecule has 1 unspecified atom stereocenters. The number of benzene rings is 1. The van der Waals surface area contributed by atoms with Crippen LogP contribution in [0, 0.1) is 5.92 Å². The molecule has 1 aromatic heterocycles. The molecule has 1 aliphatic heterocycles. The fourth-order valence-corrected chi connectivity index (χ4v) is 3.41. The molecule has 1 fully saturated rings. The van der Waals surface area contributed by atoms with Gasteiger partial charge in [0.05, 0.1) is 30.2 Å². The quantitative estimate of drug-likeness (QED) is 0.786. The normalized spacial score (nSPS) is 17.4. The maximum absolute atomic E-state index is 12.8. The van der Waals surface area contributed by atoms with E-state index in [1.165, 1.54) is 13.5 Å². The van der Waals surface area contributed by atoms with Crippen molar-refractivity contribution >= 4 is 23.3 Å². The highest BCUT2D eigenvalue weighted by atomic mass is 35.5. The Balaban J connectivity index is 2.05. The minimum Gasteiger partial charge on any atom is -0.465 e. The second kappa shape index (κ2) is 7.27. The lowest BCUT2D eigenvalue weighted by atomic mass is 10.00. The van der Waals surface area contributed by atoms with Crippen LogP contribution in [0.25, 0.3) is 5.69 Å². The predicted molar refractivity (Wildman–Crippen MR) is 96.8 cm³/mol. The Morgan fingerprint density at radius 3 is 2.80 bits per heavy atom. The standard InChI is InChI=1S/C18H20ClN3O3/c1-12-6-5-9-21(11-12)15-10-20-22(17(23)16(15)19)14-8-4-3-7-13(14)18(24)25-2/h3-4,7-8,10,12H,5-6,9,11H2,1-2H3. The van der Waals surface area contributed by atoms with Crippen LogP contribution in [-0.4, -0.2) is 35.9 Å². The molecule has 2 aromatic rings. The third kappa shape index (κ3) is 3.39. The number of carbonyl (C=O) groups excluding carboxylic acids is 1. The Morgan fingerprint density at radius 1 is 1.32 bits per heavy atom. The van der Waals surface area contributed by atoms with Crippen LogP contribution in [-0.2, 0) is 4.74 Å². The van der Waals surface area contributed by atoms with E-state index in [-0.39, 0.29) is 10.6 Å². The number of halogens is 1. The number of esters is 1. The Labute approximate surface area is 151 Å². The SMILES string of the molecule is COC(=O)c1ccccc1-n1ncc(N2CCCC(C)C2)c(Cl)c1=O. The van der Waals surface area contributed by atoms with Gasteiger partial charge < -0.3 is 9.64 Å². The summed E-state index contributed by atoms with van der Waals surface area (Å²) in [4.78, 5) is 26.8. The van der Waals surface area contributed by atoms with Gasteiger partial charge in [-0.1, -0.05) is 30.7 Å². The Kier molecular flexibility index (Phi) is 5.08. The van der Waals surface area contributed by atoms with E-state index in [1.807, 2.05) is 0 Å². The molecule has 132 valence electrons. The topological polar surface area (TPSA) is 64.4 Å². The fraction of sp³-hybridized carbons (Fsp3) is 0.389. The van der Waals surface area contributed by atoms with E-state index in [1.54, 1.807) is 30.5 Å². The number of nitrogens with zero attached hydrogens (tertiary/aromatic N) is 3. The number of piperidine rings is 1. The number of anilines is 1. The van der Waals surface area contributed by atoms with Gasteiger partial charge in [0, 0.05) is 13.1 Å². The molecule has 0 amide bonds. The number of carbonyl (C=O) groups is 1. The largest absolute Gasteiger partial charge is 0.465 e. The first-order chi connectivity index (χ1) is 12.0. The van der Waals surface area contributed by atoms with Crippen molar-refractivity contribution in [3.63, 3.8) is 0 Å². The maximum Gasteiger partial charge on any atom is 0.340 e. The van der Waals surface area contributed by atoms with Crippen molar-refractivity contribution in [3.8, 4) is 5.69 Å². The van der Waals surface area contributed by atoms with Crippen molar-refractivity contribution in [3.05, 3.63) is 51.4 Å². The zero-order valence-electron chi connectivity index (χ0n) is 14.2. The first-order valence-electron chi connectivity index (χ1n) is 8.23. The highest BCUT2D eigenvalue weighted by Crippen LogP contribution is 2.27. The number of methoxy groups -OCH3 is 1. The van der Waals surface area contributed by atoms with E-state index in [2.05, 4.69) is 16.9 Å². The Hall–Kier alpha value is -2.34. The van der Waals surface area contributed by atoms with Crippen molar-refractivity contribution < 1.29 is 9.53 Å². The molecule has 1 aliphatic rings. The van der Waals surface area contributed by atoms with Crippen LogP contribution in [0.15, 0.2) is 35.3 Å². The zero-order chi connectivity index (χ0) is 18.0. The lowest BCUT2D eigenvalue weighted by Gasteiger charge is -2.32. The number of rotatable bonds is 3. The monoisotopic (exact) mass is 361 g/mol. The summed E-state index contributed by atoms with van der Waals surface area (Å²) >= 11 is 6.36. The van der Waals surface area contributed by atoms with Gasteiger partial charge in [0.1, 0.15) is 5.02 Å². The second-order valence-electron chi connectivity index (χ2n) is 6.26. The maximum atomic E-state index is 12.8. The molecule has 3 rings (SSSR count). The van der Waals surface area contributed by atoms with Crippen molar-refractivity contribution in [1.29, 1.82) is 0 Å². The number of hydrogen-bond donors (Lipinski definition) is 0. The van der Waals surface area contributed by atoms with Gasteiger partial charge in [0.2, 0.25) is 0 Å². The van der Waals surface area contributed by atoms with Gasteiger partial charge in [-0.15, -0.1) is 0 Å². The molecule has 1 saturated heterocycles. The fourth-order valence-electron chi connectivity index (χ4n) is 3.17. The molecule has 25 heavy (non-hydrogen) atoms. The van der Waals surface area contributed by atoms with Crippen molar-refractivity contribution in [2.45, 2.75) is 19.8 Å². The summed E-state index contributed by atoms with van der Waals surface area (Å²) in [7, 11) is 1.29. The lowest BCUT2D eigenvalue weighted by Crippen LogP contribution is -2.36. The third-order valence-corrected chi connectivity index (χ3v) is 4.79. The van der Waals surface area contributed by atoms with Gasteiger partial charge in [-0.2, -0.15) is 9.78 Å². The minimum atomic E-state index is -0.533. The number of hydrogen-bond acceptors (Lipinski definition) is 5. The second-order valence-corrected chi connectivity index (χ2v) is 6.64. The van der Waals surface area contributed by atoms with Gasteiger partial charge in [-0.3, -0.25) is 4.79 Å². The summed E-state index contributed by atoms with van der Waals surface area (Å²) in [6.45, 7) is 3.89. The average Bonchev–Trinajstić information content (AvgIpc) is 2.63. The number of para-hydroxylation sites is 1. The zero-order valence-corrected chi connectivity index (χ0v) is 15.0. The first kappa shape index (κ1) is 17.5. The summed E-state index contributed by atoms with van der Waals surface area (Å²) in [5.74, 6) is 0.0154. The van der Waals surface area contributed by atoms with Crippen molar-refractivity contribution in [1.82, 2.24) is 9.78 Å². The summed E-state index contributed by atoms with van der Waals surface area (Å²) < 4.78 is 5.92. The molecule has 0 radical (unpaired) electrons. The van der Waals surface area contributed by atoms with Crippen LogP contribution >= 0.6 is 11.6 Å². The van der Waals surface area contributed by atoms with Gasteiger partial charge in [-0.25, -0.2) is 4.79 Å². The Morgan fingerprint density at radius 2 is 2.08 bits per heavy atom. The molecule has 6 nitrogen and oxygen atoms in total. The van der Waals surface area contributed by atoms with Crippen molar-refractivity contribution in [2.24, 2.45) is 5.92 Å². The molecular formula is C18H20ClN3O3. The summed E-state index contributed by atoms with van der Waals surface area (Å²) in [5.41, 5.74) is 0.800. The molecule has 0 saturated carbocycles. The summed E-state index contributed by atoms with van der Waals surface area (Å²) in [6, 6.07) is 6.65. The van der Waals surface area contributed by atoms with E-state index in [9.17, 15) is 9.59 Å². The van der Waals surface area contributed by atoms with Gasteiger partial charge in [0.25, 0.3) is 5.56 Å². The third-order valence-electron chi connectivity index (χ3n) is 4.44. The summed E-state index contributed by atoms with van der Waals surface area (Å²) in [6.07, 6.45) is 3.83. The van der Waals surface area contributed by atoms with Crippen LogP contribution in [0.5, 0.6) is 0 Å². The number of aromatic nitrogens is 2. The van der Waals surface area contributed by atoms with Crippen LogP contribution in [0.4, 0.5) is 5.69 Å². The van der Waals surface area contributed by atoms with E-state index < -0.39 is 11.5 Å². The Bertz CT molecular complexity index is 850.